The van der Waals surface area contributed by atoms with E-state index in [4.69, 9.17) is 4.55 Å². The highest BCUT2D eigenvalue weighted by molar-refractivity contribution is 7.80. The van der Waals surface area contributed by atoms with Gasteiger partial charge in [-0.15, -0.1) is 0 Å². The fraction of sp³-hybridized carbons (Fsp3) is 0.125. The molecule has 0 heterocycles. The fourth-order valence-electron chi connectivity index (χ4n) is 0.924. The Morgan fingerprint density at radius 3 is 2.06 bits per heavy atom. The van der Waals surface area contributed by atoms with Crippen molar-refractivity contribution in [3.05, 3.63) is 24.3 Å². The number of hydrogen-bond acceptors (Lipinski definition) is 2. The van der Waals surface area contributed by atoms with Gasteiger partial charge >= 0.3 is 12.1 Å². The first-order valence-corrected chi connectivity index (χ1v) is 5.25. The van der Waals surface area contributed by atoms with Gasteiger partial charge in [-0.1, -0.05) is 0 Å². The summed E-state index contributed by atoms with van der Waals surface area (Å²) in [5.41, 5.74) is 0.164. The maximum absolute atomic E-state index is 11.9. The Morgan fingerprint density at radius 2 is 1.65 bits per heavy atom. The standard InChI is InChI=1S/C8H7F3N2O3S/c9-8(10,11)7(14)12-5-1-3-6(4-2-5)13-17(15)16/h1-4,13H,(H,12,14)(H,15,16). The third-order valence-electron chi connectivity index (χ3n) is 1.61. The summed E-state index contributed by atoms with van der Waals surface area (Å²) >= 11 is -2.27. The van der Waals surface area contributed by atoms with Crippen LogP contribution in [-0.2, 0) is 16.1 Å². The fourth-order valence-corrected chi connectivity index (χ4v) is 1.26. The molecule has 0 aliphatic carbocycles. The predicted octanol–water partition coefficient (Wildman–Crippen LogP) is 1.74. The summed E-state index contributed by atoms with van der Waals surface area (Å²) in [4.78, 5) is 10.6. The quantitative estimate of drug-likeness (QED) is 0.730. The van der Waals surface area contributed by atoms with Gasteiger partial charge in [0.2, 0.25) is 0 Å². The summed E-state index contributed by atoms with van der Waals surface area (Å²) < 4.78 is 56.6. The predicted molar refractivity (Wildman–Crippen MR) is 55.5 cm³/mol. The lowest BCUT2D eigenvalue weighted by molar-refractivity contribution is -0.167. The normalized spacial score (nSPS) is 12.9. The van der Waals surface area contributed by atoms with Crippen molar-refractivity contribution in [2.75, 3.05) is 10.0 Å². The Morgan fingerprint density at radius 1 is 1.18 bits per heavy atom. The summed E-state index contributed by atoms with van der Waals surface area (Å²) in [5.74, 6) is -2.08. The lowest BCUT2D eigenvalue weighted by Gasteiger charge is -2.08. The minimum absolute atomic E-state index is 0.0680. The molecule has 0 saturated heterocycles. The monoisotopic (exact) mass is 268 g/mol. The van der Waals surface area contributed by atoms with Crippen molar-refractivity contribution in [2.24, 2.45) is 0 Å². The van der Waals surface area contributed by atoms with E-state index in [0.29, 0.717) is 0 Å². The average Bonchev–Trinajstić information content (AvgIpc) is 2.18. The first kappa shape index (κ1) is 13.5. The summed E-state index contributed by atoms with van der Waals surface area (Å²) in [6.45, 7) is 0. The second kappa shape index (κ2) is 5.15. The van der Waals surface area contributed by atoms with Crippen molar-refractivity contribution in [3.8, 4) is 0 Å². The van der Waals surface area contributed by atoms with Crippen LogP contribution in [0.25, 0.3) is 0 Å². The van der Waals surface area contributed by atoms with Crippen LogP contribution in [0, 0.1) is 0 Å². The molecule has 0 bridgehead atoms. The Bertz CT molecular complexity index is 433. The summed E-state index contributed by atoms with van der Waals surface area (Å²) in [5, 5.41) is 1.63. The largest absolute Gasteiger partial charge is 0.471 e. The Balaban J connectivity index is 2.69. The highest BCUT2D eigenvalue weighted by atomic mass is 32.2. The van der Waals surface area contributed by atoms with E-state index in [-0.39, 0.29) is 11.4 Å². The van der Waals surface area contributed by atoms with Crippen LogP contribution >= 0.6 is 0 Å². The maximum Gasteiger partial charge on any atom is 0.471 e. The molecule has 0 radical (unpaired) electrons. The van der Waals surface area contributed by atoms with Gasteiger partial charge in [-0.05, 0) is 24.3 Å². The zero-order chi connectivity index (χ0) is 13.1. The van der Waals surface area contributed by atoms with Crippen LogP contribution in [-0.4, -0.2) is 20.8 Å². The molecule has 9 heteroatoms. The van der Waals surface area contributed by atoms with Crippen LogP contribution in [0.15, 0.2) is 24.3 Å². The molecular weight excluding hydrogens is 261 g/mol. The van der Waals surface area contributed by atoms with Gasteiger partial charge in [0.05, 0.1) is 0 Å². The molecular formula is C8H7F3N2O3S. The summed E-state index contributed by atoms with van der Waals surface area (Å²) in [6.07, 6.45) is -4.95. The lowest BCUT2D eigenvalue weighted by atomic mass is 10.3. The molecule has 1 rings (SSSR count). The van der Waals surface area contributed by atoms with Crippen LogP contribution in [0.2, 0.25) is 0 Å². The molecule has 0 aliphatic heterocycles. The van der Waals surface area contributed by atoms with Gasteiger partial charge < -0.3 is 5.32 Å². The summed E-state index contributed by atoms with van der Waals surface area (Å²) in [7, 11) is 0. The number of alkyl halides is 3. The van der Waals surface area contributed by atoms with Crippen molar-refractivity contribution < 1.29 is 26.7 Å². The molecule has 17 heavy (non-hydrogen) atoms. The molecule has 0 spiro atoms. The number of carbonyl (C=O) groups is 1. The molecule has 0 saturated carbocycles. The van der Waals surface area contributed by atoms with E-state index in [0.717, 1.165) is 0 Å². The SMILES string of the molecule is O=C(Nc1ccc(NS(=O)O)cc1)C(F)(F)F. The highest BCUT2D eigenvalue weighted by Gasteiger charge is 2.38. The van der Waals surface area contributed by atoms with E-state index in [2.05, 4.69) is 4.72 Å². The number of nitrogens with one attached hydrogen (secondary N) is 2. The van der Waals surface area contributed by atoms with Crippen molar-refractivity contribution in [1.82, 2.24) is 0 Å². The second-order valence-corrected chi connectivity index (χ2v) is 3.58. The van der Waals surface area contributed by atoms with E-state index in [9.17, 15) is 22.2 Å². The zero-order valence-electron chi connectivity index (χ0n) is 8.12. The minimum atomic E-state index is -4.95. The van der Waals surface area contributed by atoms with Crippen LogP contribution in [0.4, 0.5) is 24.5 Å². The van der Waals surface area contributed by atoms with Crippen LogP contribution in [0.5, 0.6) is 0 Å². The van der Waals surface area contributed by atoms with E-state index in [1.54, 1.807) is 5.32 Å². The van der Waals surface area contributed by atoms with Gasteiger partial charge in [-0.2, -0.15) is 13.2 Å². The Hall–Kier alpha value is -1.61. The van der Waals surface area contributed by atoms with Gasteiger partial charge in [0.15, 0.2) is 0 Å². The molecule has 94 valence electrons. The Labute approximate surface area is 96.4 Å². The highest BCUT2D eigenvalue weighted by Crippen LogP contribution is 2.19. The molecule has 0 aromatic heterocycles. The van der Waals surface area contributed by atoms with Crippen molar-refractivity contribution in [2.45, 2.75) is 6.18 Å². The van der Waals surface area contributed by atoms with Gasteiger partial charge in [0.1, 0.15) is 0 Å². The lowest BCUT2D eigenvalue weighted by Crippen LogP contribution is -2.29. The third-order valence-corrected chi connectivity index (χ3v) is 2.02. The number of amides is 1. The zero-order valence-corrected chi connectivity index (χ0v) is 8.93. The average molecular weight is 268 g/mol. The number of halogens is 3. The van der Waals surface area contributed by atoms with Crippen molar-refractivity contribution in [3.63, 3.8) is 0 Å². The van der Waals surface area contributed by atoms with E-state index >= 15 is 0 Å². The van der Waals surface area contributed by atoms with Crippen LogP contribution in [0.1, 0.15) is 0 Å². The molecule has 0 aliphatic rings. The van der Waals surface area contributed by atoms with Crippen molar-refractivity contribution >= 4 is 28.5 Å². The minimum Gasteiger partial charge on any atom is -0.318 e. The number of rotatable bonds is 3. The summed E-state index contributed by atoms with van der Waals surface area (Å²) in [6, 6.07) is 4.83. The number of hydrogen-bond donors (Lipinski definition) is 3. The van der Waals surface area contributed by atoms with E-state index < -0.39 is 23.3 Å². The molecule has 0 fully saturated rings. The molecule has 1 amide bonds. The van der Waals surface area contributed by atoms with Gasteiger partial charge in [-0.3, -0.25) is 14.1 Å². The van der Waals surface area contributed by atoms with E-state index in [1.807, 2.05) is 0 Å². The molecule has 1 aromatic carbocycles. The van der Waals surface area contributed by atoms with Crippen LogP contribution in [0.3, 0.4) is 0 Å². The number of anilines is 2. The van der Waals surface area contributed by atoms with Gasteiger partial charge in [0, 0.05) is 11.4 Å². The first-order chi connectivity index (χ1) is 7.79. The molecule has 1 atom stereocenters. The van der Waals surface area contributed by atoms with Crippen LogP contribution < -0.4 is 10.0 Å². The third kappa shape index (κ3) is 4.41. The van der Waals surface area contributed by atoms with Crippen molar-refractivity contribution in [1.29, 1.82) is 0 Å². The topological polar surface area (TPSA) is 78.4 Å². The number of benzene rings is 1. The molecule has 5 nitrogen and oxygen atoms in total. The molecule has 1 aromatic rings. The van der Waals surface area contributed by atoms with Gasteiger partial charge in [0.25, 0.3) is 11.3 Å². The molecule has 1 unspecified atom stereocenters. The Kier molecular flexibility index (Phi) is 4.07. The van der Waals surface area contributed by atoms with Gasteiger partial charge in [-0.25, -0.2) is 4.21 Å². The number of carbonyl (C=O) groups excluding carboxylic acids is 1. The second-order valence-electron chi connectivity index (χ2n) is 2.88. The molecule has 3 N–H and O–H groups in total. The van der Waals surface area contributed by atoms with E-state index in [1.165, 1.54) is 24.3 Å². The maximum atomic E-state index is 11.9. The first-order valence-electron chi connectivity index (χ1n) is 4.15. The smallest absolute Gasteiger partial charge is 0.318 e.